The van der Waals surface area contributed by atoms with Crippen molar-refractivity contribution in [3.05, 3.63) is 95.1 Å². The second-order valence-electron chi connectivity index (χ2n) is 7.98. The van der Waals surface area contributed by atoms with Crippen molar-refractivity contribution in [2.45, 2.75) is 32.0 Å². The second-order valence-corrected chi connectivity index (χ2v) is 7.98. The van der Waals surface area contributed by atoms with Gasteiger partial charge in [-0.2, -0.15) is 0 Å². The van der Waals surface area contributed by atoms with Crippen LogP contribution in [-0.4, -0.2) is 22.8 Å². The molecule has 0 unspecified atom stereocenters. The molecule has 5 rings (SSSR count). The Bertz CT molecular complexity index is 1120. The summed E-state index contributed by atoms with van der Waals surface area (Å²) in [5.41, 5.74) is 4.95. The van der Waals surface area contributed by atoms with Crippen LogP contribution >= 0.6 is 0 Å². The Kier molecular flexibility index (Phi) is 4.51. The molecule has 1 heterocycles. The molecule has 0 radical (unpaired) electrons. The van der Waals surface area contributed by atoms with E-state index in [0.717, 1.165) is 29.7 Å². The number of anilines is 2. The van der Waals surface area contributed by atoms with Crippen LogP contribution in [0.25, 0.3) is 0 Å². The van der Waals surface area contributed by atoms with Crippen molar-refractivity contribution in [3.8, 4) is 0 Å². The zero-order valence-corrected chi connectivity index (χ0v) is 16.8. The molecule has 30 heavy (non-hydrogen) atoms. The maximum atomic E-state index is 13.2. The van der Waals surface area contributed by atoms with Crippen LogP contribution in [0.4, 0.5) is 11.4 Å². The third kappa shape index (κ3) is 3.43. The first-order valence-electron chi connectivity index (χ1n) is 10.3. The van der Waals surface area contributed by atoms with Crippen molar-refractivity contribution >= 4 is 23.2 Å². The number of carbonyl (C=O) groups excluding carboxylic acids is 2. The third-order valence-electron chi connectivity index (χ3n) is 5.68. The van der Waals surface area contributed by atoms with E-state index in [1.165, 1.54) is 0 Å². The number of nitrogens with zero attached hydrogens (tertiary/aromatic N) is 1. The highest BCUT2D eigenvalue weighted by Crippen LogP contribution is 2.41. The van der Waals surface area contributed by atoms with E-state index >= 15 is 0 Å². The minimum atomic E-state index is -0.254. The molecule has 0 bridgehead atoms. The molecule has 0 saturated heterocycles. The van der Waals surface area contributed by atoms with Crippen LogP contribution in [0.1, 0.15) is 50.9 Å². The average molecular weight is 397 g/mol. The van der Waals surface area contributed by atoms with Gasteiger partial charge in [0, 0.05) is 23.0 Å². The molecular weight excluding hydrogens is 374 g/mol. The number of benzene rings is 3. The summed E-state index contributed by atoms with van der Waals surface area (Å²) in [6, 6.07) is 23.1. The van der Waals surface area contributed by atoms with Gasteiger partial charge >= 0.3 is 0 Å². The quantitative estimate of drug-likeness (QED) is 0.653. The highest BCUT2D eigenvalue weighted by molar-refractivity contribution is 6.04. The Morgan fingerprint density at radius 2 is 1.77 bits per heavy atom. The van der Waals surface area contributed by atoms with Crippen molar-refractivity contribution < 1.29 is 9.59 Å². The molecule has 5 heteroatoms. The minimum Gasteiger partial charge on any atom is -0.361 e. The van der Waals surface area contributed by atoms with Gasteiger partial charge in [-0.25, -0.2) is 0 Å². The lowest BCUT2D eigenvalue weighted by Crippen LogP contribution is -2.44. The number of fused-ring (bicyclic) bond motifs is 1. The first-order chi connectivity index (χ1) is 14.6. The van der Waals surface area contributed by atoms with Gasteiger partial charge in [0.1, 0.15) is 6.17 Å². The van der Waals surface area contributed by atoms with Crippen molar-refractivity contribution in [1.29, 1.82) is 0 Å². The van der Waals surface area contributed by atoms with Gasteiger partial charge in [-0.1, -0.05) is 42.0 Å². The van der Waals surface area contributed by atoms with Crippen LogP contribution in [0.2, 0.25) is 0 Å². The van der Waals surface area contributed by atoms with E-state index in [9.17, 15) is 9.59 Å². The predicted molar refractivity (Wildman–Crippen MR) is 118 cm³/mol. The number of hydrogen-bond acceptors (Lipinski definition) is 3. The summed E-state index contributed by atoms with van der Waals surface area (Å²) < 4.78 is 0. The monoisotopic (exact) mass is 397 g/mol. The van der Waals surface area contributed by atoms with E-state index in [4.69, 9.17) is 0 Å². The van der Waals surface area contributed by atoms with Gasteiger partial charge < -0.3 is 15.5 Å². The van der Waals surface area contributed by atoms with Crippen LogP contribution in [0, 0.1) is 6.92 Å². The molecule has 3 aromatic rings. The highest BCUT2D eigenvalue weighted by Gasteiger charge is 2.42. The number of amides is 2. The van der Waals surface area contributed by atoms with E-state index in [0.29, 0.717) is 16.8 Å². The Hall–Kier alpha value is -3.60. The SMILES string of the molecule is Cc1ccc(C(=O)Nc2cccc([C@@H]3Nc4ccccc4C(=O)N3C3CC3)c2)cc1. The highest BCUT2D eigenvalue weighted by atomic mass is 16.2. The fourth-order valence-electron chi connectivity index (χ4n) is 3.94. The van der Waals surface area contributed by atoms with E-state index in [-0.39, 0.29) is 24.0 Å². The molecule has 1 fully saturated rings. The van der Waals surface area contributed by atoms with E-state index in [1.54, 1.807) is 0 Å². The fraction of sp³-hybridized carbons (Fsp3) is 0.200. The van der Waals surface area contributed by atoms with E-state index < -0.39 is 0 Å². The van der Waals surface area contributed by atoms with Crippen molar-refractivity contribution in [2.75, 3.05) is 10.6 Å². The molecule has 1 atom stereocenters. The van der Waals surface area contributed by atoms with Gasteiger partial charge in [-0.05, 0) is 61.7 Å². The predicted octanol–water partition coefficient (Wildman–Crippen LogP) is 4.98. The molecule has 5 nitrogen and oxygen atoms in total. The number of para-hydroxylation sites is 1. The number of rotatable bonds is 4. The van der Waals surface area contributed by atoms with Gasteiger partial charge in [-0.3, -0.25) is 9.59 Å². The summed E-state index contributed by atoms with van der Waals surface area (Å²) in [5.74, 6) is -0.0878. The number of aryl methyl sites for hydroxylation is 1. The van der Waals surface area contributed by atoms with Crippen molar-refractivity contribution in [1.82, 2.24) is 4.90 Å². The maximum Gasteiger partial charge on any atom is 0.258 e. The Morgan fingerprint density at radius 1 is 1.00 bits per heavy atom. The minimum absolute atomic E-state index is 0.0611. The van der Waals surface area contributed by atoms with Crippen molar-refractivity contribution in [2.24, 2.45) is 0 Å². The van der Waals surface area contributed by atoms with E-state index in [1.807, 2.05) is 84.6 Å². The van der Waals surface area contributed by atoms with Crippen LogP contribution in [0.5, 0.6) is 0 Å². The zero-order chi connectivity index (χ0) is 20.7. The average Bonchev–Trinajstić information content (AvgIpc) is 3.59. The number of nitrogens with one attached hydrogen (secondary N) is 2. The number of hydrogen-bond donors (Lipinski definition) is 2. The summed E-state index contributed by atoms with van der Waals surface area (Å²) in [6.07, 6.45) is 1.79. The van der Waals surface area contributed by atoms with E-state index in [2.05, 4.69) is 10.6 Å². The van der Waals surface area contributed by atoms with Crippen LogP contribution in [-0.2, 0) is 0 Å². The first-order valence-corrected chi connectivity index (χ1v) is 10.3. The van der Waals surface area contributed by atoms with Gasteiger partial charge in [0.2, 0.25) is 0 Å². The molecule has 2 amide bonds. The molecule has 3 aromatic carbocycles. The summed E-state index contributed by atoms with van der Waals surface area (Å²) in [7, 11) is 0. The Labute approximate surface area is 175 Å². The Balaban J connectivity index is 1.43. The summed E-state index contributed by atoms with van der Waals surface area (Å²) >= 11 is 0. The molecule has 2 aliphatic rings. The normalized spacial score (nSPS) is 17.8. The van der Waals surface area contributed by atoms with Gasteiger partial charge in [0.15, 0.2) is 0 Å². The van der Waals surface area contributed by atoms with Crippen LogP contribution in [0.15, 0.2) is 72.8 Å². The largest absolute Gasteiger partial charge is 0.361 e. The topological polar surface area (TPSA) is 61.4 Å². The number of carbonyl (C=O) groups is 2. The summed E-state index contributed by atoms with van der Waals surface area (Å²) in [6.45, 7) is 1.99. The molecule has 1 aliphatic carbocycles. The van der Waals surface area contributed by atoms with Crippen LogP contribution in [0.3, 0.4) is 0 Å². The van der Waals surface area contributed by atoms with Crippen LogP contribution < -0.4 is 10.6 Å². The molecule has 1 saturated carbocycles. The van der Waals surface area contributed by atoms with Crippen molar-refractivity contribution in [3.63, 3.8) is 0 Å². The van der Waals surface area contributed by atoms with Gasteiger partial charge in [0.25, 0.3) is 11.8 Å². The maximum absolute atomic E-state index is 13.2. The molecular formula is C25H23N3O2. The Morgan fingerprint density at radius 3 is 2.53 bits per heavy atom. The molecule has 2 N–H and O–H groups in total. The third-order valence-corrected chi connectivity index (χ3v) is 5.68. The van der Waals surface area contributed by atoms with Gasteiger partial charge in [-0.15, -0.1) is 0 Å². The summed E-state index contributed by atoms with van der Waals surface area (Å²) in [4.78, 5) is 27.7. The first kappa shape index (κ1) is 18.4. The lowest BCUT2D eigenvalue weighted by Gasteiger charge is -2.38. The molecule has 150 valence electrons. The molecule has 1 aliphatic heterocycles. The molecule has 0 spiro atoms. The zero-order valence-electron chi connectivity index (χ0n) is 16.8. The smallest absolute Gasteiger partial charge is 0.258 e. The van der Waals surface area contributed by atoms with Gasteiger partial charge in [0.05, 0.1) is 5.56 Å². The molecule has 0 aromatic heterocycles. The summed E-state index contributed by atoms with van der Waals surface area (Å²) in [5, 5.41) is 6.50. The lowest BCUT2D eigenvalue weighted by molar-refractivity contribution is 0.0666. The standard InChI is InChI=1S/C25H23N3O2/c1-16-9-11-17(12-10-16)24(29)26-19-6-4-5-18(15-19)23-27-22-8-3-2-7-21(22)25(30)28(23)20-13-14-20/h2-12,15,20,23,27H,13-14H2,1H3,(H,26,29)/t23-/m1/s1. The second kappa shape index (κ2) is 7.34. The fourth-order valence-corrected chi connectivity index (χ4v) is 3.94. The lowest BCUT2D eigenvalue weighted by atomic mass is 10.0.